The number of hydrogen-bond acceptors (Lipinski definition) is 0. The monoisotopic (exact) mass is 268 g/mol. The zero-order valence-electron chi connectivity index (χ0n) is 13.8. The summed E-state index contributed by atoms with van der Waals surface area (Å²) < 4.78 is 0. The van der Waals surface area contributed by atoms with Crippen molar-refractivity contribution in [2.24, 2.45) is 0 Å². The first-order chi connectivity index (χ1) is 9.69. The average Bonchev–Trinajstić information content (AvgIpc) is 2.80. The number of hydrogen-bond donors (Lipinski definition) is 0. The molecule has 0 amide bonds. The highest BCUT2D eigenvalue weighted by Crippen LogP contribution is 2.39. The summed E-state index contributed by atoms with van der Waals surface area (Å²) >= 11 is 0. The lowest BCUT2D eigenvalue weighted by Gasteiger charge is -2.13. The lowest BCUT2D eigenvalue weighted by atomic mass is 9.91. The van der Waals surface area contributed by atoms with E-state index in [0.29, 0.717) is 5.92 Å². The molecule has 0 aromatic heterocycles. The second kappa shape index (κ2) is 7.89. The zero-order valence-corrected chi connectivity index (χ0v) is 13.8. The fourth-order valence-corrected chi connectivity index (χ4v) is 2.74. The molecule has 0 spiro atoms. The summed E-state index contributed by atoms with van der Waals surface area (Å²) in [4.78, 5) is 0. The highest BCUT2D eigenvalue weighted by Gasteiger charge is 2.21. The summed E-state index contributed by atoms with van der Waals surface area (Å²) in [5.41, 5.74) is 7.27. The average molecular weight is 268 g/mol. The SMILES string of the molecule is C/C=C\C1=C(/C=C\C)c2c(cccc2C(C)C)C1.CC. The van der Waals surface area contributed by atoms with Crippen LogP contribution in [0.15, 0.2) is 48.1 Å². The first kappa shape index (κ1) is 16.5. The smallest absolute Gasteiger partial charge is 0.00135 e. The molecule has 0 nitrogen and oxygen atoms in total. The van der Waals surface area contributed by atoms with E-state index in [-0.39, 0.29) is 0 Å². The van der Waals surface area contributed by atoms with Crippen molar-refractivity contribution in [1.29, 1.82) is 0 Å². The van der Waals surface area contributed by atoms with E-state index in [1.165, 1.54) is 27.8 Å². The van der Waals surface area contributed by atoms with Gasteiger partial charge in [-0.2, -0.15) is 0 Å². The summed E-state index contributed by atoms with van der Waals surface area (Å²) in [6.07, 6.45) is 9.86. The van der Waals surface area contributed by atoms with Gasteiger partial charge in [0.2, 0.25) is 0 Å². The Bertz CT molecular complexity index is 525. The lowest BCUT2D eigenvalue weighted by molar-refractivity contribution is 0.861. The first-order valence-corrected chi connectivity index (χ1v) is 7.79. The van der Waals surface area contributed by atoms with E-state index in [4.69, 9.17) is 0 Å². The lowest BCUT2D eigenvalue weighted by Crippen LogP contribution is -1.95. The van der Waals surface area contributed by atoms with Gasteiger partial charge in [0.25, 0.3) is 0 Å². The molecule has 20 heavy (non-hydrogen) atoms. The van der Waals surface area contributed by atoms with Gasteiger partial charge in [0.05, 0.1) is 0 Å². The van der Waals surface area contributed by atoms with Crippen molar-refractivity contribution in [1.82, 2.24) is 0 Å². The fourth-order valence-electron chi connectivity index (χ4n) is 2.74. The predicted octanol–water partition coefficient (Wildman–Crippen LogP) is 6.30. The van der Waals surface area contributed by atoms with Gasteiger partial charge in [0, 0.05) is 0 Å². The van der Waals surface area contributed by atoms with Crippen LogP contribution >= 0.6 is 0 Å². The summed E-state index contributed by atoms with van der Waals surface area (Å²) in [6.45, 7) is 12.7. The molecule has 1 aromatic carbocycles. The topological polar surface area (TPSA) is 0 Å². The molecule has 0 bridgehead atoms. The second-order valence-corrected chi connectivity index (χ2v) is 5.15. The van der Waals surface area contributed by atoms with Crippen LogP contribution in [0.2, 0.25) is 0 Å². The van der Waals surface area contributed by atoms with E-state index in [1.54, 1.807) is 0 Å². The zero-order chi connectivity index (χ0) is 15.1. The van der Waals surface area contributed by atoms with E-state index in [9.17, 15) is 0 Å². The van der Waals surface area contributed by atoms with Gasteiger partial charge in [-0.15, -0.1) is 0 Å². The highest BCUT2D eigenvalue weighted by molar-refractivity contribution is 5.86. The summed E-state index contributed by atoms with van der Waals surface area (Å²) in [6, 6.07) is 6.73. The Kier molecular flexibility index (Phi) is 6.51. The number of rotatable bonds is 3. The van der Waals surface area contributed by atoms with Crippen molar-refractivity contribution in [2.75, 3.05) is 0 Å². The second-order valence-electron chi connectivity index (χ2n) is 5.15. The minimum atomic E-state index is 0.574. The van der Waals surface area contributed by atoms with E-state index in [0.717, 1.165) is 6.42 Å². The van der Waals surface area contributed by atoms with Crippen molar-refractivity contribution in [3.63, 3.8) is 0 Å². The van der Waals surface area contributed by atoms with E-state index >= 15 is 0 Å². The molecule has 0 heteroatoms. The van der Waals surface area contributed by atoms with Gasteiger partial charge in [-0.3, -0.25) is 0 Å². The van der Waals surface area contributed by atoms with Crippen LogP contribution in [0.3, 0.4) is 0 Å². The Morgan fingerprint density at radius 3 is 2.20 bits per heavy atom. The number of fused-ring (bicyclic) bond motifs is 1. The molecule has 1 aromatic rings. The van der Waals surface area contributed by atoms with Crippen LogP contribution in [-0.4, -0.2) is 0 Å². The van der Waals surface area contributed by atoms with E-state index < -0.39 is 0 Å². The van der Waals surface area contributed by atoms with Gasteiger partial charge < -0.3 is 0 Å². The van der Waals surface area contributed by atoms with Crippen LogP contribution in [0.1, 0.15) is 64.2 Å². The van der Waals surface area contributed by atoms with Crippen molar-refractivity contribution >= 4 is 5.57 Å². The summed E-state index contributed by atoms with van der Waals surface area (Å²) in [5.74, 6) is 0.574. The minimum absolute atomic E-state index is 0.574. The Morgan fingerprint density at radius 2 is 1.65 bits per heavy atom. The molecule has 0 fully saturated rings. The van der Waals surface area contributed by atoms with Crippen molar-refractivity contribution < 1.29 is 0 Å². The third kappa shape index (κ3) is 3.30. The van der Waals surface area contributed by atoms with Gasteiger partial charge in [-0.05, 0) is 54.0 Å². The third-order valence-electron chi connectivity index (χ3n) is 3.50. The molecule has 0 saturated heterocycles. The van der Waals surface area contributed by atoms with Gasteiger partial charge in [0.15, 0.2) is 0 Å². The maximum atomic E-state index is 2.27. The normalized spacial score (nSPS) is 14.2. The Balaban J connectivity index is 0.000000956. The van der Waals surface area contributed by atoms with Crippen molar-refractivity contribution in [3.05, 3.63) is 64.8 Å². The number of benzene rings is 1. The molecular weight excluding hydrogens is 240 g/mol. The minimum Gasteiger partial charge on any atom is -0.0874 e. The van der Waals surface area contributed by atoms with Gasteiger partial charge in [-0.1, -0.05) is 70.2 Å². The molecule has 0 unspecified atom stereocenters. The van der Waals surface area contributed by atoms with E-state index in [2.05, 4.69) is 70.2 Å². The quantitative estimate of drug-likeness (QED) is 0.603. The number of allylic oxidation sites excluding steroid dienone is 6. The third-order valence-corrected chi connectivity index (χ3v) is 3.50. The molecule has 0 N–H and O–H groups in total. The maximum absolute atomic E-state index is 2.27. The molecule has 1 aliphatic rings. The van der Waals surface area contributed by atoms with Gasteiger partial charge in [-0.25, -0.2) is 0 Å². The molecule has 2 rings (SSSR count). The summed E-state index contributed by atoms with van der Waals surface area (Å²) in [7, 11) is 0. The molecule has 0 saturated carbocycles. The molecule has 0 radical (unpaired) electrons. The fraction of sp³-hybridized carbons (Fsp3) is 0.400. The van der Waals surface area contributed by atoms with Crippen LogP contribution in [0.4, 0.5) is 0 Å². The van der Waals surface area contributed by atoms with Crippen molar-refractivity contribution in [2.45, 2.75) is 53.9 Å². The Morgan fingerprint density at radius 1 is 1.00 bits per heavy atom. The van der Waals surface area contributed by atoms with Gasteiger partial charge >= 0.3 is 0 Å². The molecular formula is C20H28. The molecule has 0 aliphatic heterocycles. The standard InChI is InChI=1S/C18H22.C2H6/c1-5-8-14-12-15-10-7-11-16(13(3)4)18(15)17(14)9-6-2;1-2/h5-11,13H,12H2,1-4H3;1-2H3/b8-5-,9-6-;. The van der Waals surface area contributed by atoms with Crippen LogP contribution in [0.5, 0.6) is 0 Å². The highest BCUT2D eigenvalue weighted by atomic mass is 14.3. The Labute approximate surface area is 124 Å². The van der Waals surface area contributed by atoms with Crippen LogP contribution in [0.25, 0.3) is 5.57 Å². The predicted molar refractivity (Wildman–Crippen MR) is 92.1 cm³/mol. The summed E-state index contributed by atoms with van der Waals surface area (Å²) in [5, 5.41) is 0. The molecule has 0 atom stereocenters. The molecule has 1 aliphatic carbocycles. The van der Waals surface area contributed by atoms with Crippen LogP contribution in [-0.2, 0) is 6.42 Å². The van der Waals surface area contributed by atoms with Crippen molar-refractivity contribution in [3.8, 4) is 0 Å². The van der Waals surface area contributed by atoms with Crippen LogP contribution in [0, 0.1) is 0 Å². The van der Waals surface area contributed by atoms with Gasteiger partial charge in [0.1, 0.15) is 0 Å². The molecule has 0 heterocycles. The van der Waals surface area contributed by atoms with Crippen LogP contribution < -0.4 is 0 Å². The maximum Gasteiger partial charge on any atom is -0.00135 e. The van der Waals surface area contributed by atoms with E-state index in [1.807, 2.05) is 13.8 Å². The largest absolute Gasteiger partial charge is 0.0874 e. The molecule has 108 valence electrons. The Hall–Kier alpha value is -1.56. The first-order valence-electron chi connectivity index (χ1n) is 7.79.